The Morgan fingerprint density at radius 3 is 2.91 bits per heavy atom. The van der Waals surface area contributed by atoms with Crippen LogP contribution in [0.5, 0.6) is 0 Å². The highest BCUT2D eigenvalue weighted by Crippen LogP contribution is 2.35. The van der Waals surface area contributed by atoms with Gasteiger partial charge in [-0.25, -0.2) is 0 Å². The van der Waals surface area contributed by atoms with Crippen molar-refractivity contribution in [3.05, 3.63) is 12.2 Å². The van der Waals surface area contributed by atoms with Crippen molar-refractivity contribution in [1.29, 1.82) is 0 Å². The number of aliphatic hydroxyl groups is 1. The Morgan fingerprint density at radius 2 is 2.45 bits per heavy atom. The van der Waals surface area contributed by atoms with Crippen LogP contribution >= 0.6 is 34.2 Å². The molecule has 1 N–H and O–H groups in total. The van der Waals surface area contributed by atoms with Gasteiger partial charge in [-0.05, 0) is 6.42 Å². The molecule has 1 rings (SSSR count). The van der Waals surface area contributed by atoms with Gasteiger partial charge in [0.2, 0.25) is 0 Å². The van der Waals surface area contributed by atoms with Gasteiger partial charge in [0.15, 0.2) is 0 Å². The van der Waals surface area contributed by atoms with Gasteiger partial charge in [-0.2, -0.15) is 0 Å². The first-order valence-electron chi connectivity index (χ1n) is 3.66. The number of aliphatic hydroxyl groups excluding tert-OH is 1. The molecule has 1 aliphatic carbocycles. The summed E-state index contributed by atoms with van der Waals surface area (Å²) in [6, 6.07) is 0. The zero-order chi connectivity index (χ0) is 8.48. The van der Waals surface area contributed by atoms with Crippen molar-refractivity contribution in [1.82, 2.24) is 0 Å². The maximum absolute atomic E-state index is 9.06. The molecular formula is C8H12ClIO. The molecular weight excluding hydrogens is 274 g/mol. The second kappa shape index (κ2) is 3.62. The van der Waals surface area contributed by atoms with Crippen LogP contribution in [0.3, 0.4) is 0 Å². The molecule has 0 aliphatic heterocycles. The molecule has 3 unspecified atom stereocenters. The van der Waals surface area contributed by atoms with Crippen molar-refractivity contribution in [2.75, 3.05) is 6.61 Å². The molecule has 0 saturated heterocycles. The van der Waals surface area contributed by atoms with Crippen molar-refractivity contribution >= 4 is 34.2 Å². The molecule has 11 heavy (non-hydrogen) atoms. The van der Waals surface area contributed by atoms with Gasteiger partial charge < -0.3 is 5.11 Å². The van der Waals surface area contributed by atoms with E-state index in [9.17, 15) is 0 Å². The first-order valence-corrected chi connectivity index (χ1v) is 5.34. The van der Waals surface area contributed by atoms with Gasteiger partial charge in [0.25, 0.3) is 0 Å². The molecule has 0 spiro atoms. The Hall–Kier alpha value is 0.720. The van der Waals surface area contributed by atoms with E-state index in [1.54, 1.807) is 0 Å². The molecule has 0 aromatic rings. The monoisotopic (exact) mass is 286 g/mol. The van der Waals surface area contributed by atoms with Crippen LogP contribution in [0.4, 0.5) is 0 Å². The van der Waals surface area contributed by atoms with Crippen LogP contribution in [-0.2, 0) is 0 Å². The Kier molecular flexibility index (Phi) is 3.23. The summed E-state index contributed by atoms with van der Waals surface area (Å²) in [7, 11) is 0. The van der Waals surface area contributed by atoms with Crippen molar-refractivity contribution in [3.8, 4) is 0 Å². The average molecular weight is 287 g/mol. The van der Waals surface area contributed by atoms with Gasteiger partial charge >= 0.3 is 0 Å². The molecule has 0 fully saturated rings. The molecule has 1 aliphatic rings. The number of rotatable bonds is 1. The summed E-state index contributed by atoms with van der Waals surface area (Å²) in [4.78, 5) is 0. The van der Waals surface area contributed by atoms with E-state index < -0.39 is 0 Å². The Balaban J connectivity index is 2.70. The highest BCUT2D eigenvalue weighted by Gasteiger charge is 2.30. The minimum atomic E-state index is -0.0444. The van der Waals surface area contributed by atoms with Crippen molar-refractivity contribution in [2.45, 2.75) is 22.6 Å². The third-order valence-corrected chi connectivity index (χ3v) is 4.14. The van der Waals surface area contributed by atoms with Crippen LogP contribution in [-0.4, -0.2) is 21.0 Å². The Labute approximate surface area is 86.0 Å². The summed E-state index contributed by atoms with van der Waals surface area (Å²) >= 11 is 8.31. The third-order valence-electron chi connectivity index (χ3n) is 2.05. The number of halogens is 2. The van der Waals surface area contributed by atoms with E-state index in [2.05, 4.69) is 29.5 Å². The lowest BCUT2D eigenvalue weighted by atomic mass is 9.82. The number of allylic oxidation sites excluding steroid dienone is 1. The fourth-order valence-electron chi connectivity index (χ4n) is 1.19. The van der Waals surface area contributed by atoms with Gasteiger partial charge in [-0.1, -0.05) is 41.7 Å². The highest BCUT2D eigenvalue weighted by molar-refractivity contribution is 14.1. The number of hydrogen-bond donors (Lipinski definition) is 1. The maximum atomic E-state index is 9.06. The molecule has 0 saturated carbocycles. The average Bonchev–Trinajstić information content (AvgIpc) is 1.98. The van der Waals surface area contributed by atoms with E-state index in [1.165, 1.54) is 0 Å². The van der Waals surface area contributed by atoms with Gasteiger partial charge in [-0.15, -0.1) is 11.6 Å². The molecule has 0 aromatic heterocycles. The molecule has 0 bridgehead atoms. The smallest absolute Gasteiger partial charge is 0.0634 e. The summed E-state index contributed by atoms with van der Waals surface area (Å²) < 4.78 is 0.441. The van der Waals surface area contributed by atoms with E-state index in [0.717, 1.165) is 6.42 Å². The first kappa shape index (κ1) is 9.81. The van der Waals surface area contributed by atoms with Crippen molar-refractivity contribution in [3.63, 3.8) is 0 Å². The molecule has 0 amide bonds. The van der Waals surface area contributed by atoms with E-state index >= 15 is 0 Å². The lowest BCUT2D eigenvalue weighted by Gasteiger charge is -2.31. The molecule has 3 atom stereocenters. The SMILES string of the molecule is CC1(CO)C=CC(Cl)C(I)C1. The standard InChI is InChI=1S/C8H12ClIO/c1-8(5-11)3-2-6(9)7(10)4-8/h2-3,6-7,11H,4-5H2,1H3. The topological polar surface area (TPSA) is 20.2 Å². The summed E-state index contributed by atoms with van der Waals surface area (Å²) in [5.41, 5.74) is -0.0444. The fraction of sp³-hybridized carbons (Fsp3) is 0.750. The van der Waals surface area contributed by atoms with Gasteiger partial charge in [0.1, 0.15) is 0 Å². The second-order valence-electron chi connectivity index (χ2n) is 3.34. The van der Waals surface area contributed by atoms with E-state index in [4.69, 9.17) is 16.7 Å². The van der Waals surface area contributed by atoms with Gasteiger partial charge in [0, 0.05) is 9.34 Å². The van der Waals surface area contributed by atoms with E-state index in [0.29, 0.717) is 3.92 Å². The van der Waals surface area contributed by atoms with Gasteiger partial charge in [-0.3, -0.25) is 0 Å². The van der Waals surface area contributed by atoms with E-state index in [-0.39, 0.29) is 17.4 Å². The third kappa shape index (κ3) is 2.33. The second-order valence-corrected chi connectivity index (χ2v) is 5.44. The molecule has 1 nitrogen and oxygen atoms in total. The lowest BCUT2D eigenvalue weighted by Crippen LogP contribution is -2.30. The summed E-state index contributed by atoms with van der Waals surface area (Å²) in [5.74, 6) is 0. The van der Waals surface area contributed by atoms with Crippen LogP contribution in [0.15, 0.2) is 12.2 Å². The summed E-state index contributed by atoms with van der Waals surface area (Å²) in [6.45, 7) is 2.27. The zero-order valence-electron chi connectivity index (χ0n) is 6.43. The van der Waals surface area contributed by atoms with Crippen LogP contribution in [0.1, 0.15) is 13.3 Å². The molecule has 0 heterocycles. The Morgan fingerprint density at radius 1 is 1.82 bits per heavy atom. The normalized spacial score (nSPS) is 44.4. The molecule has 0 aromatic carbocycles. The van der Waals surface area contributed by atoms with Crippen LogP contribution in [0, 0.1) is 5.41 Å². The predicted octanol–water partition coefficient (Wildman–Crippen LogP) is 2.36. The quantitative estimate of drug-likeness (QED) is 0.446. The van der Waals surface area contributed by atoms with Crippen molar-refractivity contribution < 1.29 is 5.11 Å². The van der Waals surface area contributed by atoms with Crippen LogP contribution < -0.4 is 0 Å². The van der Waals surface area contributed by atoms with Crippen LogP contribution in [0.2, 0.25) is 0 Å². The number of hydrogen-bond acceptors (Lipinski definition) is 1. The first-order chi connectivity index (χ1) is 5.07. The lowest BCUT2D eigenvalue weighted by molar-refractivity contribution is 0.172. The Bertz CT molecular complexity index is 171. The largest absolute Gasteiger partial charge is 0.395 e. The predicted molar refractivity (Wildman–Crippen MR) is 56.4 cm³/mol. The minimum absolute atomic E-state index is 0.0444. The zero-order valence-corrected chi connectivity index (χ0v) is 9.34. The number of alkyl halides is 2. The fourth-order valence-corrected chi connectivity index (χ4v) is 2.60. The molecule has 64 valence electrons. The maximum Gasteiger partial charge on any atom is 0.0634 e. The van der Waals surface area contributed by atoms with Gasteiger partial charge in [0.05, 0.1) is 12.0 Å². The van der Waals surface area contributed by atoms with Crippen LogP contribution in [0.25, 0.3) is 0 Å². The molecule has 0 radical (unpaired) electrons. The molecule has 3 heteroatoms. The minimum Gasteiger partial charge on any atom is -0.395 e. The van der Waals surface area contributed by atoms with E-state index in [1.807, 2.05) is 12.2 Å². The highest BCUT2D eigenvalue weighted by atomic mass is 127. The summed E-state index contributed by atoms with van der Waals surface area (Å²) in [5, 5.41) is 9.19. The van der Waals surface area contributed by atoms with Crippen molar-refractivity contribution in [2.24, 2.45) is 5.41 Å². The summed E-state index contributed by atoms with van der Waals surface area (Å²) in [6.07, 6.45) is 4.98.